The molecule has 0 amide bonds. The predicted octanol–water partition coefficient (Wildman–Crippen LogP) is 4.94. The molecule has 0 spiro atoms. The zero-order valence-electron chi connectivity index (χ0n) is 14.7. The van der Waals surface area contributed by atoms with E-state index in [9.17, 15) is 4.79 Å². The second-order valence-electron chi connectivity index (χ2n) is 7.14. The number of aryl methyl sites for hydroxylation is 1. The van der Waals surface area contributed by atoms with Crippen LogP contribution in [0, 0.1) is 6.92 Å². The second kappa shape index (κ2) is 6.12. The lowest BCUT2D eigenvalue weighted by Gasteiger charge is -2.36. The molecular weight excluding hydrogens is 308 g/mol. The Balaban J connectivity index is 1.87. The SMILES string of the molecule is Cc1ccccc1/C=C1\CO[C@@]2(C)C=CC(=O)C[C@H]2c2ccccc21. The van der Waals surface area contributed by atoms with Crippen LogP contribution in [0.4, 0.5) is 0 Å². The van der Waals surface area contributed by atoms with Gasteiger partial charge in [0.2, 0.25) is 0 Å². The number of rotatable bonds is 1. The summed E-state index contributed by atoms with van der Waals surface area (Å²) in [5.74, 6) is 0.233. The number of ether oxygens (including phenoxy) is 1. The molecule has 2 heteroatoms. The van der Waals surface area contributed by atoms with Gasteiger partial charge in [0.25, 0.3) is 0 Å². The van der Waals surface area contributed by atoms with Crippen molar-refractivity contribution in [1.29, 1.82) is 0 Å². The number of benzene rings is 2. The van der Waals surface area contributed by atoms with Gasteiger partial charge in [0.05, 0.1) is 12.2 Å². The molecule has 0 saturated heterocycles. The van der Waals surface area contributed by atoms with E-state index in [1.165, 1.54) is 27.8 Å². The number of hydrogen-bond donors (Lipinski definition) is 0. The molecule has 0 N–H and O–H groups in total. The third-order valence-electron chi connectivity index (χ3n) is 5.44. The van der Waals surface area contributed by atoms with Gasteiger partial charge in [-0.25, -0.2) is 0 Å². The van der Waals surface area contributed by atoms with Crippen LogP contribution < -0.4 is 0 Å². The van der Waals surface area contributed by atoms with Crippen molar-refractivity contribution in [2.24, 2.45) is 0 Å². The van der Waals surface area contributed by atoms with Crippen LogP contribution in [0.1, 0.15) is 41.5 Å². The fourth-order valence-electron chi connectivity index (χ4n) is 3.87. The molecule has 126 valence electrons. The van der Waals surface area contributed by atoms with E-state index in [0.29, 0.717) is 13.0 Å². The van der Waals surface area contributed by atoms with Gasteiger partial charge in [-0.15, -0.1) is 0 Å². The predicted molar refractivity (Wildman–Crippen MR) is 101 cm³/mol. The summed E-state index contributed by atoms with van der Waals surface area (Å²) in [5.41, 5.74) is 5.59. The molecule has 25 heavy (non-hydrogen) atoms. The van der Waals surface area contributed by atoms with Crippen LogP contribution in [0.2, 0.25) is 0 Å². The van der Waals surface area contributed by atoms with Crippen LogP contribution in [-0.4, -0.2) is 18.0 Å². The molecule has 2 nitrogen and oxygen atoms in total. The van der Waals surface area contributed by atoms with E-state index in [-0.39, 0.29) is 11.7 Å². The molecule has 0 bridgehead atoms. The zero-order valence-corrected chi connectivity index (χ0v) is 14.7. The molecule has 0 saturated carbocycles. The van der Waals surface area contributed by atoms with E-state index in [0.717, 1.165) is 0 Å². The van der Waals surface area contributed by atoms with E-state index in [2.05, 4.69) is 68.5 Å². The van der Waals surface area contributed by atoms with Crippen molar-refractivity contribution >= 4 is 17.4 Å². The van der Waals surface area contributed by atoms with Crippen molar-refractivity contribution < 1.29 is 9.53 Å². The first kappa shape index (κ1) is 16.0. The quantitative estimate of drug-likeness (QED) is 0.740. The molecule has 0 unspecified atom stereocenters. The van der Waals surface area contributed by atoms with Crippen LogP contribution in [-0.2, 0) is 9.53 Å². The Morgan fingerprint density at radius 3 is 2.72 bits per heavy atom. The average molecular weight is 330 g/mol. The summed E-state index contributed by atoms with van der Waals surface area (Å²) in [5, 5.41) is 0. The van der Waals surface area contributed by atoms with Gasteiger partial charge in [0.15, 0.2) is 5.78 Å². The summed E-state index contributed by atoms with van der Waals surface area (Å²) in [6, 6.07) is 16.8. The molecule has 2 aliphatic rings. The fraction of sp³-hybridized carbons (Fsp3) is 0.261. The molecule has 1 aliphatic heterocycles. The maximum absolute atomic E-state index is 12.0. The Bertz CT molecular complexity index is 890. The maximum Gasteiger partial charge on any atom is 0.156 e. The number of ketones is 1. The van der Waals surface area contributed by atoms with Crippen molar-refractivity contribution in [2.45, 2.75) is 31.8 Å². The maximum atomic E-state index is 12.0. The number of carbonyl (C=O) groups is 1. The van der Waals surface area contributed by atoms with Gasteiger partial charge >= 0.3 is 0 Å². The number of allylic oxidation sites excluding steroid dienone is 1. The van der Waals surface area contributed by atoms with Crippen LogP contribution in [0.15, 0.2) is 60.7 Å². The van der Waals surface area contributed by atoms with Gasteiger partial charge in [-0.2, -0.15) is 0 Å². The minimum absolute atomic E-state index is 0.0592. The van der Waals surface area contributed by atoms with Crippen molar-refractivity contribution in [1.82, 2.24) is 0 Å². The minimum atomic E-state index is -0.439. The Morgan fingerprint density at radius 2 is 1.88 bits per heavy atom. The highest BCUT2D eigenvalue weighted by molar-refractivity contribution is 5.93. The molecule has 0 fully saturated rings. The van der Waals surface area contributed by atoms with Crippen LogP contribution >= 0.6 is 0 Å². The third kappa shape index (κ3) is 2.87. The second-order valence-corrected chi connectivity index (χ2v) is 7.14. The van der Waals surface area contributed by atoms with E-state index >= 15 is 0 Å². The lowest BCUT2D eigenvalue weighted by Crippen LogP contribution is -2.37. The number of fused-ring (bicyclic) bond motifs is 3. The molecule has 2 atom stereocenters. The molecule has 2 aromatic carbocycles. The molecule has 2 aromatic rings. The zero-order chi connectivity index (χ0) is 17.4. The lowest BCUT2D eigenvalue weighted by atomic mass is 9.75. The molecule has 0 radical (unpaired) electrons. The monoisotopic (exact) mass is 330 g/mol. The topological polar surface area (TPSA) is 26.3 Å². The van der Waals surface area contributed by atoms with Crippen LogP contribution in [0.25, 0.3) is 11.6 Å². The van der Waals surface area contributed by atoms with Gasteiger partial charge < -0.3 is 4.74 Å². The normalized spacial score (nSPS) is 26.9. The highest BCUT2D eigenvalue weighted by Gasteiger charge is 2.41. The van der Waals surface area contributed by atoms with Crippen molar-refractivity contribution in [2.75, 3.05) is 6.61 Å². The minimum Gasteiger partial charge on any atom is -0.366 e. The Morgan fingerprint density at radius 1 is 1.12 bits per heavy atom. The average Bonchev–Trinajstić information content (AvgIpc) is 2.73. The van der Waals surface area contributed by atoms with Gasteiger partial charge in [-0.05, 0) is 59.9 Å². The van der Waals surface area contributed by atoms with Crippen LogP contribution in [0.3, 0.4) is 0 Å². The summed E-state index contributed by atoms with van der Waals surface area (Å²) in [7, 11) is 0. The Labute approximate surface area is 148 Å². The first-order chi connectivity index (χ1) is 12.1. The first-order valence-electron chi connectivity index (χ1n) is 8.78. The summed E-state index contributed by atoms with van der Waals surface area (Å²) >= 11 is 0. The van der Waals surface area contributed by atoms with Gasteiger partial charge in [0.1, 0.15) is 0 Å². The molecular formula is C23H22O2. The summed E-state index contributed by atoms with van der Waals surface area (Å²) in [6.07, 6.45) is 6.34. The largest absolute Gasteiger partial charge is 0.366 e. The van der Waals surface area contributed by atoms with Crippen molar-refractivity contribution in [3.8, 4) is 0 Å². The van der Waals surface area contributed by atoms with E-state index in [1.807, 2.05) is 6.08 Å². The van der Waals surface area contributed by atoms with E-state index in [1.54, 1.807) is 6.08 Å². The Hall–Kier alpha value is -2.45. The highest BCUT2D eigenvalue weighted by atomic mass is 16.5. The number of hydrogen-bond acceptors (Lipinski definition) is 2. The molecule has 4 rings (SSSR count). The summed E-state index contributed by atoms with van der Waals surface area (Å²) < 4.78 is 6.34. The van der Waals surface area contributed by atoms with E-state index in [4.69, 9.17) is 4.74 Å². The van der Waals surface area contributed by atoms with Crippen molar-refractivity contribution in [3.05, 3.63) is 82.9 Å². The summed E-state index contributed by atoms with van der Waals surface area (Å²) in [4.78, 5) is 12.0. The van der Waals surface area contributed by atoms with Crippen LogP contribution in [0.5, 0.6) is 0 Å². The smallest absolute Gasteiger partial charge is 0.156 e. The Kier molecular flexibility index (Phi) is 3.93. The third-order valence-corrected chi connectivity index (χ3v) is 5.44. The van der Waals surface area contributed by atoms with Crippen molar-refractivity contribution in [3.63, 3.8) is 0 Å². The first-order valence-corrected chi connectivity index (χ1v) is 8.78. The standard InChI is InChI=1S/C23H22O2/c1-16-7-3-4-8-17(16)13-18-15-25-23(2)12-11-19(24)14-22(23)21-10-6-5-9-20(18)21/h3-13,22H,14-15H2,1-2H3/b18-13+/t22-,23-/m0/s1. The van der Waals surface area contributed by atoms with E-state index < -0.39 is 5.60 Å². The lowest BCUT2D eigenvalue weighted by molar-refractivity contribution is -0.117. The molecule has 0 aromatic heterocycles. The summed E-state index contributed by atoms with van der Waals surface area (Å²) in [6.45, 7) is 4.75. The van der Waals surface area contributed by atoms with Gasteiger partial charge in [0, 0.05) is 12.3 Å². The highest BCUT2D eigenvalue weighted by Crippen LogP contribution is 2.44. The fourth-order valence-corrected chi connectivity index (χ4v) is 3.87. The number of carbonyl (C=O) groups excluding carboxylic acids is 1. The van der Waals surface area contributed by atoms with Gasteiger partial charge in [-0.1, -0.05) is 48.5 Å². The van der Waals surface area contributed by atoms with Gasteiger partial charge in [-0.3, -0.25) is 4.79 Å². The molecule has 1 heterocycles. The molecule has 1 aliphatic carbocycles.